The topological polar surface area (TPSA) is 35.2 Å². The van der Waals surface area contributed by atoms with E-state index in [1.165, 1.54) is 41.0 Å². The highest BCUT2D eigenvalue weighted by Gasteiger charge is 2.21. The van der Waals surface area contributed by atoms with Crippen LogP contribution < -0.4 is 10.5 Å². The number of nitrogens with two attached hydrogens (primary N) is 1. The van der Waals surface area contributed by atoms with Crippen molar-refractivity contribution in [2.24, 2.45) is 5.73 Å². The lowest BCUT2D eigenvalue weighted by Gasteiger charge is -2.16. The molecule has 1 aliphatic rings. The molecule has 2 aromatic rings. The number of hydrogen-bond acceptors (Lipinski definition) is 3. The summed E-state index contributed by atoms with van der Waals surface area (Å²) in [4.78, 5) is 2.77. The fraction of sp³-hybridized carbons (Fsp3) is 0.412. The number of hydrogen-bond donors (Lipinski definition) is 1. The molecule has 1 unspecified atom stereocenters. The highest BCUT2D eigenvalue weighted by molar-refractivity contribution is 9.10. The maximum Gasteiger partial charge on any atom is 0.124 e. The van der Waals surface area contributed by atoms with Crippen LogP contribution in [0.4, 0.5) is 0 Å². The van der Waals surface area contributed by atoms with Crippen LogP contribution in [0.1, 0.15) is 45.3 Å². The third kappa shape index (κ3) is 2.89. The van der Waals surface area contributed by atoms with Gasteiger partial charge in [0.05, 0.1) is 13.2 Å². The Labute approximate surface area is 138 Å². The van der Waals surface area contributed by atoms with Crippen LogP contribution in [0.3, 0.4) is 0 Å². The van der Waals surface area contributed by atoms with E-state index in [9.17, 15) is 0 Å². The van der Waals surface area contributed by atoms with Crippen LogP contribution in [-0.2, 0) is 12.8 Å². The second kappa shape index (κ2) is 6.11. The molecule has 4 heteroatoms. The summed E-state index contributed by atoms with van der Waals surface area (Å²) in [5.74, 6) is 0.870. The van der Waals surface area contributed by atoms with Gasteiger partial charge in [0.15, 0.2) is 0 Å². The zero-order chi connectivity index (χ0) is 15.0. The molecule has 1 aromatic carbocycles. The molecule has 0 spiro atoms. The van der Waals surface area contributed by atoms with Crippen molar-refractivity contribution in [2.75, 3.05) is 7.11 Å². The van der Waals surface area contributed by atoms with Gasteiger partial charge in [0.2, 0.25) is 0 Å². The molecule has 3 rings (SSSR count). The molecule has 1 atom stereocenters. The van der Waals surface area contributed by atoms with E-state index in [1.54, 1.807) is 7.11 Å². The first kappa shape index (κ1) is 15.1. The minimum atomic E-state index is -0.118. The molecule has 112 valence electrons. The zero-order valence-corrected chi connectivity index (χ0v) is 14.8. The predicted molar refractivity (Wildman–Crippen MR) is 92.4 cm³/mol. The Bertz CT molecular complexity index is 642. The molecule has 1 aromatic heterocycles. The normalized spacial score (nSPS) is 15.6. The van der Waals surface area contributed by atoms with Gasteiger partial charge in [-0.25, -0.2) is 0 Å². The van der Waals surface area contributed by atoms with Crippen molar-refractivity contribution >= 4 is 27.3 Å². The summed E-state index contributed by atoms with van der Waals surface area (Å²) < 4.78 is 6.61. The van der Waals surface area contributed by atoms with Crippen LogP contribution in [0.5, 0.6) is 5.75 Å². The van der Waals surface area contributed by atoms with Crippen molar-refractivity contribution in [3.05, 3.63) is 49.1 Å². The number of methoxy groups -OCH3 is 1. The van der Waals surface area contributed by atoms with Crippen LogP contribution in [0.2, 0.25) is 0 Å². The van der Waals surface area contributed by atoms with E-state index in [4.69, 9.17) is 10.5 Å². The van der Waals surface area contributed by atoms with Crippen LogP contribution in [0.25, 0.3) is 0 Å². The number of rotatable bonds is 3. The molecule has 1 aliphatic carbocycles. The van der Waals surface area contributed by atoms with Gasteiger partial charge in [-0.05, 0) is 61.9 Å². The first-order valence-corrected chi connectivity index (χ1v) is 8.92. The van der Waals surface area contributed by atoms with E-state index < -0.39 is 0 Å². The van der Waals surface area contributed by atoms with Crippen molar-refractivity contribution in [1.29, 1.82) is 0 Å². The lowest BCUT2D eigenvalue weighted by molar-refractivity contribution is 0.407. The fourth-order valence-corrected chi connectivity index (χ4v) is 4.55. The molecule has 0 aliphatic heterocycles. The van der Waals surface area contributed by atoms with Crippen LogP contribution in [0.15, 0.2) is 22.7 Å². The van der Waals surface area contributed by atoms with Gasteiger partial charge in [-0.1, -0.05) is 15.9 Å². The van der Waals surface area contributed by atoms with Gasteiger partial charge in [-0.2, -0.15) is 0 Å². The van der Waals surface area contributed by atoms with E-state index in [2.05, 4.69) is 35.0 Å². The van der Waals surface area contributed by atoms with Gasteiger partial charge in [0, 0.05) is 19.8 Å². The molecular formula is C17H20BrNOS. The average Bonchev–Trinajstić information content (AvgIpc) is 2.92. The molecular weight excluding hydrogens is 346 g/mol. The average molecular weight is 366 g/mol. The van der Waals surface area contributed by atoms with E-state index in [1.807, 2.05) is 17.4 Å². The van der Waals surface area contributed by atoms with Gasteiger partial charge in [0.25, 0.3) is 0 Å². The van der Waals surface area contributed by atoms with E-state index in [0.29, 0.717) is 0 Å². The summed E-state index contributed by atoms with van der Waals surface area (Å²) in [6.45, 7) is 2.06. The van der Waals surface area contributed by atoms with E-state index >= 15 is 0 Å². The van der Waals surface area contributed by atoms with Crippen molar-refractivity contribution in [3.8, 4) is 5.75 Å². The molecule has 2 nitrogen and oxygen atoms in total. The maximum atomic E-state index is 6.53. The quantitative estimate of drug-likeness (QED) is 0.851. The highest BCUT2D eigenvalue weighted by Crippen LogP contribution is 2.38. The van der Waals surface area contributed by atoms with Crippen molar-refractivity contribution in [3.63, 3.8) is 0 Å². The Hall–Kier alpha value is -0.840. The number of thiophene rings is 1. The number of benzene rings is 1. The molecule has 2 N–H and O–H groups in total. The smallest absolute Gasteiger partial charge is 0.124 e. The summed E-state index contributed by atoms with van der Waals surface area (Å²) in [5, 5.41) is 0. The SMILES string of the molecule is COc1cc(C)c(Br)cc1C(N)c1cc2c(s1)CCCC2. The number of halogens is 1. The van der Waals surface area contributed by atoms with Gasteiger partial charge in [-0.3, -0.25) is 0 Å². The molecule has 0 saturated heterocycles. The van der Waals surface area contributed by atoms with Crippen molar-refractivity contribution in [2.45, 2.75) is 38.6 Å². The Balaban J connectivity index is 1.99. The number of ether oxygens (including phenoxy) is 1. The second-order valence-electron chi connectivity index (χ2n) is 5.63. The van der Waals surface area contributed by atoms with E-state index in [-0.39, 0.29) is 6.04 Å². The number of aryl methyl sites for hydroxylation is 3. The summed E-state index contributed by atoms with van der Waals surface area (Å²) in [6, 6.07) is 6.33. The lowest BCUT2D eigenvalue weighted by atomic mass is 9.97. The third-order valence-corrected chi connectivity index (χ3v) is 6.34. The molecule has 0 amide bonds. The summed E-state index contributed by atoms with van der Waals surface area (Å²) in [6.07, 6.45) is 5.02. The van der Waals surface area contributed by atoms with Gasteiger partial charge in [0.1, 0.15) is 5.75 Å². The Morgan fingerprint density at radius 2 is 2.00 bits per heavy atom. The van der Waals surface area contributed by atoms with Crippen molar-refractivity contribution < 1.29 is 4.74 Å². The Kier molecular flexibility index (Phi) is 4.38. The lowest BCUT2D eigenvalue weighted by Crippen LogP contribution is -2.12. The molecule has 0 bridgehead atoms. The van der Waals surface area contributed by atoms with Gasteiger partial charge in [-0.15, -0.1) is 11.3 Å². The van der Waals surface area contributed by atoms with Crippen LogP contribution >= 0.6 is 27.3 Å². The van der Waals surface area contributed by atoms with Crippen LogP contribution in [-0.4, -0.2) is 7.11 Å². The summed E-state index contributed by atoms with van der Waals surface area (Å²) in [7, 11) is 1.71. The monoisotopic (exact) mass is 365 g/mol. The fourth-order valence-electron chi connectivity index (χ4n) is 2.91. The molecule has 0 radical (unpaired) electrons. The van der Waals surface area contributed by atoms with Crippen molar-refractivity contribution in [1.82, 2.24) is 0 Å². The number of fused-ring (bicyclic) bond motifs is 1. The van der Waals surface area contributed by atoms with E-state index in [0.717, 1.165) is 21.3 Å². The molecule has 0 fully saturated rings. The minimum Gasteiger partial charge on any atom is -0.496 e. The summed E-state index contributed by atoms with van der Waals surface area (Å²) >= 11 is 5.47. The van der Waals surface area contributed by atoms with Gasteiger partial charge >= 0.3 is 0 Å². The minimum absolute atomic E-state index is 0.118. The molecule has 0 saturated carbocycles. The van der Waals surface area contributed by atoms with Crippen LogP contribution in [0, 0.1) is 6.92 Å². The predicted octanol–water partition coefficient (Wildman–Crippen LogP) is 4.75. The highest BCUT2D eigenvalue weighted by atomic mass is 79.9. The largest absolute Gasteiger partial charge is 0.496 e. The molecule has 1 heterocycles. The Morgan fingerprint density at radius 3 is 2.71 bits per heavy atom. The first-order chi connectivity index (χ1) is 10.1. The first-order valence-electron chi connectivity index (χ1n) is 7.31. The second-order valence-corrected chi connectivity index (χ2v) is 7.65. The zero-order valence-electron chi connectivity index (χ0n) is 12.4. The van der Waals surface area contributed by atoms with Gasteiger partial charge < -0.3 is 10.5 Å². The maximum absolute atomic E-state index is 6.53. The molecule has 21 heavy (non-hydrogen) atoms. The standard InChI is InChI=1S/C17H20BrNOS/c1-10-7-14(20-2)12(9-13(10)18)17(19)16-8-11-5-3-4-6-15(11)21-16/h7-9,17H,3-6,19H2,1-2H3. The third-order valence-electron chi connectivity index (χ3n) is 4.17. The Morgan fingerprint density at radius 1 is 1.24 bits per heavy atom. The summed E-state index contributed by atoms with van der Waals surface area (Å²) in [5.41, 5.74) is 10.2.